The molecular weight excluding hydrogens is 509 g/mol. The van der Waals surface area contributed by atoms with E-state index in [1.807, 2.05) is 29.2 Å². The van der Waals surface area contributed by atoms with Crippen molar-refractivity contribution in [2.75, 3.05) is 31.1 Å². The normalized spacial score (nSPS) is 17.4. The zero-order chi connectivity index (χ0) is 27.0. The highest BCUT2D eigenvalue weighted by Gasteiger charge is 2.33. The average molecular weight is 549 g/mol. The van der Waals surface area contributed by atoms with Gasteiger partial charge in [-0.2, -0.15) is 13.2 Å². The first-order valence-electron chi connectivity index (χ1n) is 14.0. The predicted molar refractivity (Wildman–Crippen MR) is 147 cm³/mol. The van der Waals surface area contributed by atoms with E-state index in [0.717, 1.165) is 66.9 Å². The van der Waals surface area contributed by atoms with Gasteiger partial charge in [0, 0.05) is 35.8 Å². The predicted octanol–water partition coefficient (Wildman–Crippen LogP) is 8.46. The Morgan fingerprint density at radius 3 is 2.47 bits per heavy atom. The average Bonchev–Trinajstić information content (AvgIpc) is 3.33. The molecule has 38 heavy (non-hydrogen) atoms. The first-order chi connectivity index (χ1) is 18.3. The van der Waals surface area contributed by atoms with Gasteiger partial charge in [0.15, 0.2) is 0 Å². The van der Waals surface area contributed by atoms with Gasteiger partial charge < -0.3 is 9.64 Å². The molecule has 0 saturated carbocycles. The molecule has 4 rings (SSSR count). The van der Waals surface area contributed by atoms with Crippen LogP contribution in [0.15, 0.2) is 52.3 Å². The number of alkyl halides is 3. The van der Waals surface area contributed by atoms with Gasteiger partial charge in [0.25, 0.3) is 0 Å². The van der Waals surface area contributed by atoms with Crippen LogP contribution in [0.3, 0.4) is 0 Å². The van der Waals surface area contributed by atoms with Crippen LogP contribution in [-0.2, 0) is 15.7 Å². The smallest absolute Gasteiger partial charge is 0.416 e. The van der Waals surface area contributed by atoms with Gasteiger partial charge in [-0.25, -0.2) is 0 Å². The number of carbonyl (C=O) groups excluding carboxylic acids is 1. The Morgan fingerprint density at radius 1 is 0.947 bits per heavy atom. The van der Waals surface area contributed by atoms with E-state index in [2.05, 4.69) is 11.8 Å². The zero-order valence-corrected chi connectivity index (χ0v) is 23.1. The molecule has 2 heterocycles. The molecule has 8 heteroatoms. The maximum absolute atomic E-state index is 13.4. The maximum atomic E-state index is 13.4. The minimum absolute atomic E-state index is 0.0609. The number of hydrogen-bond donors (Lipinski definition) is 0. The van der Waals surface area contributed by atoms with Crippen molar-refractivity contribution >= 4 is 29.1 Å². The van der Waals surface area contributed by atoms with E-state index in [0.29, 0.717) is 18.7 Å². The van der Waals surface area contributed by atoms with Crippen LogP contribution in [0.4, 0.5) is 24.5 Å². The Kier molecular flexibility index (Phi) is 10.4. The van der Waals surface area contributed by atoms with Gasteiger partial charge in [-0.15, -0.1) is 0 Å². The summed E-state index contributed by atoms with van der Waals surface area (Å²) in [4.78, 5) is 18.5. The second-order valence-electron chi connectivity index (χ2n) is 10.3. The summed E-state index contributed by atoms with van der Waals surface area (Å²) in [6.07, 6.45) is 5.92. The van der Waals surface area contributed by atoms with E-state index in [1.54, 1.807) is 6.07 Å². The Labute approximate surface area is 228 Å². The van der Waals surface area contributed by atoms with Crippen LogP contribution in [0.2, 0.25) is 0 Å². The van der Waals surface area contributed by atoms with Crippen molar-refractivity contribution < 1.29 is 22.7 Å². The fourth-order valence-electron chi connectivity index (χ4n) is 5.27. The summed E-state index contributed by atoms with van der Waals surface area (Å²) in [5.74, 6) is -0.0927. The van der Waals surface area contributed by atoms with E-state index >= 15 is 0 Å². The summed E-state index contributed by atoms with van der Waals surface area (Å²) < 4.78 is 46.0. The first-order valence-corrected chi connectivity index (χ1v) is 14.8. The van der Waals surface area contributed by atoms with Gasteiger partial charge >= 0.3 is 12.1 Å². The van der Waals surface area contributed by atoms with Crippen molar-refractivity contribution in [3.63, 3.8) is 0 Å². The van der Waals surface area contributed by atoms with E-state index in [4.69, 9.17) is 4.74 Å². The Balaban J connectivity index is 1.24. The summed E-state index contributed by atoms with van der Waals surface area (Å²) in [6, 6.07) is 11.9. The molecule has 2 aromatic rings. The van der Waals surface area contributed by atoms with Gasteiger partial charge in [0.2, 0.25) is 0 Å². The van der Waals surface area contributed by atoms with Gasteiger partial charge in [0.05, 0.1) is 16.9 Å². The number of carbonyl (C=O) groups is 1. The van der Waals surface area contributed by atoms with Crippen molar-refractivity contribution in [2.24, 2.45) is 0 Å². The fourth-order valence-corrected chi connectivity index (χ4v) is 6.34. The number of rotatable bonds is 13. The van der Waals surface area contributed by atoms with Crippen LogP contribution in [0.5, 0.6) is 0 Å². The first kappa shape index (κ1) is 28.8. The van der Waals surface area contributed by atoms with E-state index in [-0.39, 0.29) is 12.1 Å². The quantitative estimate of drug-likeness (QED) is 0.185. The summed E-state index contributed by atoms with van der Waals surface area (Å²) in [5, 5.41) is 0. The third-order valence-electron chi connectivity index (χ3n) is 7.32. The molecule has 0 radical (unpaired) electrons. The standard InChI is InChI=1S/C30H39F3N2O2S/c1-2-3-4-5-6-7-8-14-29(36)37-24-17-20-34(22-24)18-11-19-35-25-12-9-10-13-27(25)38-28-16-15-23(21-26(28)35)30(31,32)33/h9-10,12-13,15-16,21,24H,2-8,11,14,17-20,22H2,1H3. The minimum Gasteiger partial charge on any atom is -0.461 e. The number of anilines is 2. The number of fused-ring (bicyclic) bond motifs is 2. The molecule has 0 amide bonds. The number of nitrogens with zero attached hydrogens (tertiary/aromatic N) is 2. The highest BCUT2D eigenvalue weighted by Crippen LogP contribution is 2.49. The van der Waals surface area contributed by atoms with Crippen LogP contribution in [0.25, 0.3) is 0 Å². The van der Waals surface area contributed by atoms with Gasteiger partial charge in [-0.3, -0.25) is 9.69 Å². The van der Waals surface area contributed by atoms with Crippen LogP contribution >= 0.6 is 11.8 Å². The Hall–Kier alpha value is -2.19. The van der Waals surface area contributed by atoms with Gasteiger partial charge in [0.1, 0.15) is 6.10 Å². The third kappa shape index (κ3) is 7.92. The zero-order valence-electron chi connectivity index (χ0n) is 22.3. The number of benzene rings is 2. The number of ether oxygens (including phenoxy) is 1. The molecule has 1 atom stereocenters. The van der Waals surface area contributed by atoms with Crippen LogP contribution in [0, 0.1) is 0 Å². The van der Waals surface area contributed by atoms with Crippen LogP contribution in [0.1, 0.15) is 76.7 Å². The molecule has 1 fully saturated rings. The fraction of sp³-hybridized carbons (Fsp3) is 0.567. The highest BCUT2D eigenvalue weighted by atomic mass is 32.2. The topological polar surface area (TPSA) is 32.8 Å². The van der Waals surface area contributed by atoms with Crippen LogP contribution < -0.4 is 4.90 Å². The molecule has 2 aromatic carbocycles. The molecule has 2 aliphatic heterocycles. The molecule has 0 aromatic heterocycles. The van der Waals surface area contributed by atoms with Crippen molar-refractivity contribution in [3.05, 3.63) is 48.0 Å². The van der Waals surface area contributed by atoms with E-state index < -0.39 is 11.7 Å². The molecule has 1 unspecified atom stereocenters. The lowest BCUT2D eigenvalue weighted by Gasteiger charge is -2.33. The summed E-state index contributed by atoms with van der Waals surface area (Å²) in [7, 11) is 0. The monoisotopic (exact) mass is 548 g/mol. The number of unbranched alkanes of at least 4 members (excludes halogenated alkanes) is 6. The minimum atomic E-state index is -4.38. The molecule has 0 aliphatic carbocycles. The summed E-state index contributed by atoms with van der Waals surface area (Å²) in [5.41, 5.74) is 0.937. The molecule has 0 spiro atoms. The highest BCUT2D eigenvalue weighted by molar-refractivity contribution is 7.99. The Bertz CT molecular complexity index is 1060. The SMILES string of the molecule is CCCCCCCCCC(=O)OC1CCN(CCCN2c3ccccc3Sc3ccc(C(F)(F)F)cc32)C1. The largest absolute Gasteiger partial charge is 0.461 e. The maximum Gasteiger partial charge on any atom is 0.416 e. The van der Waals surface area contributed by atoms with Crippen LogP contribution in [-0.4, -0.2) is 43.2 Å². The molecular formula is C30H39F3N2O2S. The number of para-hydroxylation sites is 1. The lowest BCUT2D eigenvalue weighted by atomic mass is 10.1. The van der Waals surface area contributed by atoms with Crippen molar-refractivity contribution in [2.45, 2.75) is 93.2 Å². The molecule has 0 N–H and O–H groups in total. The van der Waals surface area contributed by atoms with Gasteiger partial charge in [-0.05, 0) is 56.1 Å². The lowest BCUT2D eigenvalue weighted by Crippen LogP contribution is -2.29. The lowest BCUT2D eigenvalue weighted by molar-refractivity contribution is -0.148. The number of esters is 1. The number of hydrogen-bond acceptors (Lipinski definition) is 5. The molecule has 4 nitrogen and oxygen atoms in total. The molecule has 0 bridgehead atoms. The second-order valence-corrected chi connectivity index (χ2v) is 11.4. The molecule has 1 saturated heterocycles. The van der Waals surface area contributed by atoms with E-state index in [9.17, 15) is 18.0 Å². The Morgan fingerprint density at radius 2 is 1.68 bits per heavy atom. The van der Waals surface area contributed by atoms with Crippen molar-refractivity contribution in [3.8, 4) is 0 Å². The van der Waals surface area contributed by atoms with E-state index in [1.165, 1.54) is 49.9 Å². The van der Waals surface area contributed by atoms with Crippen molar-refractivity contribution in [1.82, 2.24) is 4.90 Å². The number of halogens is 3. The number of likely N-dealkylation sites (tertiary alicyclic amines) is 1. The molecule has 208 valence electrons. The molecule has 2 aliphatic rings. The summed E-state index contributed by atoms with van der Waals surface area (Å²) in [6.45, 7) is 5.24. The summed E-state index contributed by atoms with van der Waals surface area (Å²) >= 11 is 1.51. The van der Waals surface area contributed by atoms with Gasteiger partial charge in [-0.1, -0.05) is 69.3 Å². The van der Waals surface area contributed by atoms with Crippen molar-refractivity contribution in [1.29, 1.82) is 0 Å². The third-order valence-corrected chi connectivity index (χ3v) is 8.45. The second kappa shape index (κ2) is 13.7.